The second-order valence-corrected chi connectivity index (χ2v) is 7.02. The Bertz CT molecular complexity index is 1030. The number of benzene rings is 1. The molecular formula is C20H20N4O5. The van der Waals surface area contributed by atoms with Crippen LogP contribution in [0.25, 0.3) is 5.65 Å². The predicted octanol–water partition coefficient (Wildman–Crippen LogP) is 0.868. The van der Waals surface area contributed by atoms with E-state index in [4.69, 9.17) is 9.84 Å². The lowest BCUT2D eigenvalue weighted by Gasteiger charge is -2.16. The zero-order valence-corrected chi connectivity index (χ0v) is 15.5. The summed E-state index contributed by atoms with van der Waals surface area (Å²) in [4.78, 5) is 33.5. The van der Waals surface area contributed by atoms with E-state index in [9.17, 15) is 14.7 Å². The van der Waals surface area contributed by atoms with Crippen molar-refractivity contribution in [2.45, 2.75) is 12.5 Å². The number of amides is 1. The maximum absolute atomic E-state index is 12.8. The van der Waals surface area contributed by atoms with Crippen LogP contribution in [0.15, 0.2) is 49.1 Å². The van der Waals surface area contributed by atoms with Gasteiger partial charge in [0.25, 0.3) is 5.91 Å². The summed E-state index contributed by atoms with van der Waals surface area (Å²) in [7, 11) is 0. The number of β-amino-alcohol motifs (C(OH)–C–C–N with tert-alkyl or cyclic N) is 1. The van der Waals surface area contributed by atoms with Crippen molar-refractivity contribution in [3.05, 3.63) is 60.3 Å². The Balaban J connectivity index is 1.39. The number of hydrogen-bond acceptors (Lipinski definition) is 6. The molecule has 3 aromatic rings. The van der Waals surface area contributed by atoms with E-state index in [0.717, 1.165) is 11.3 Å². The van der Waals surface area contributed by atoms with Crippen molar-refractivity contribution in [1.82, 2.24) is 19.3 Å². The van der Waals surface area contributed by atoms with Crippen molar-refractivity contribution in [3.63, 3.8) is 0 Å². The number of carboxylic acid groups (broad SMARTS) is 1. The fraction of sp³-hybridized carbons (Fsp3) is 0.300. The number of likely N-dealkylation sites (tertiary alicyclic amines) is 1. The van der Waals surface area contributed by atoms with Gasteiger partial charge in [0.2, 0.25) is 0 Å². The molecule has 0 aliphatic carbocycles. The standard InChI is InChI=1S/C20H20N4O5/c25-17-11-24(20(28)13-1-3-16(4-2-13)29-12-19(26)27)9-14(17)7-15-10-23-6-5-21-18(23)8-22-15/h1-6,8,10,14,17,25H,7,9,11-12H2,(H,26,27)/t14-,17+/m1/s1. The molecule has 2 atom stereocenters. The number of hydrogen-bond donors (Lipinski definition) is 2. The number of carbonyl (C=O) groups is 2. The van der Waals surface area contributed by atoms with Gasteiger partial charge < -0.3 is 24.3 Å². The zero-order chi connectivity index (χ0) is 20.4. The predicted molar refractivity (Wildman–Crippen MR) is 102 cm³/mol. The first kappa shape index (κ1) is 18.9. The normalized spacial score (nSPS) is 18.9. The third-order valence-electron chi connectivity index (χ3n) is 4.96. The molecule has 2 aromatic heterocycles. The maximum atomic E-state index is 12.8. The lowest BCUT2D eigenvalue weighted by Crippen LogP contribution is -2.29. The van der Waals surface area contributed by atoms with Crippen LogP contribution in [-0.2, 0) is 11.2 Å². The molecule has 9 nitrogen and oxygen atoms in total. The molecule has 150 valence electrons. The average molecular weight is 396 g/mol. The monoisotopic (exact) mass is 396 g/mol. The van der Waals surface area contributed by atoms with Gasteiger partial charge in [0.15, 0.2) is 12.3 Å². The minimum absolute atomic E-state index is 0.106. The first-order chi connectivity index (χ1) is 14.0. The molecule has 1 aliphatic heterocycles. The second-order valence-electron chi connectivity index (χ2n) is 7.02. The molecule has 0 bridgehead atoms. The van der Waals surface area contributed by atoms with Crippen LogP contribution in [0.4, 0.5) is 0 Å². The van der Waals surface area contributed by atoms with Crippen molar-refractivity contribution in [2.75, 3.05) is 19.7 Å². The van der Waals surface area contributed by atoms with Gasteiger partial charge in [-0.1, -0.05) is 0 Å². The van der Waals surface area contributed by atoms with Gasteiger partial charge in [-0.3, -0.25) is 9.78 Å². The molecule has 29 heavy (non-hydrogen) atoms. The van der Waals surface area contributed by atoms with E-state index in [-0.39, 0.29) is 18.4 Å². The van der Waals surface area contributed by atoms with Crippen LogP contribution in [-0.4, -0.2) is 67.2 Å². The zero-order valence-electron chi connectivity index (χ0n) is 15.5. The van der Waals surface area contributed by atoms with E-state index < -0.39 is 18.7 Å². The minimum atomic E-state index is -1.07. The average Bonchev–Trinajstić information content (AvgIpc) is 3.32. The van der Waals surface area contributed by atoms with Gasteiger partial charge in [-0.25, -0.2) is 9.78 Å². The Morgan fingerprint density at radius 1 is 1.17 bits per heavy atom. The Hall–Kier alpha value is -3.46. The fourth-order valence-electron chi connectivity index (χ4n) is 3.48. The summed E-state index contributed by atoms with van der Waals surface area (Å²) < 4.78 is 6.95. The molecule has 0 unspecified atom stereocenters. The molecule has 1 aliphatic rings. The maximum Gasteiger partial charge on any atom is 0.341 e. The number of nitrogens with zero attached hydrogens (tertiary/aromatic N) is 4. The molecule has 3 heterocycles. The van der Waals surface area contributed by atoms with E-state index in [1.165, 1.54) is 0 Å². The summed E-state index contributed by atoms with van der Waals surface area (Å²) in [6, 6.07) is 6.30. The molecule has 0 spiro atoms. The molecule has 0 saturated carbocycles. The van der Waals surface area contributed by atoms with Crippen LogP contribution in [0, 0.1) is 5.92 Å². The van der Waals surface area contributed by atoms with Gasteiger partial charge in [-0.2, -0.15) is 0 Å². The van der Waals surface area contributed by atoms with Gasteiger partial charge >= 0.3 is 5.97 Å². The number of fused-ring (bicyclic) bond motifs is 1. The van der Waals surface area contributed by atoms with E-state index in [1.807, 2.05) is 16.8 Å². The molecule has 0 radical (unpaired) electrons. The summed E-state index contributed by atoms with van der Waals surface area (Å²) in [6.07, 6.45) is 7.04. The lowest BCUT2D eigenvalue weighted by atomic mass is 10.0. The largest absolute Gasteiger partial charge is 0.482 e. The summed E-state index contributed by atoms with van der Waals surface area (Å²) >= 11 is 0. The smallest absolute Gasteiger partial charge is 0.341 e. The number of ether oxygens (including phenoxy) is 1. The van der Waals surface area contributed by atoms with Gasteiger partial charge in [-0.15, -0.1) is 0 Å². The van der Waals surface area contributed by atoms with Gasteiger partial charge in [0.1, 0.15) is 5.75 Å². The highest BCUT2D eigenvalue weighted by Crippen LogP contribution is 2.23. The number of aliphatic carboxylic acids is 1. The van der Waals surface area contributed by atoms with Crippen molar-refractivity contribution in [3.8, 4) is 5.75 Å². The Kier molecular flexibility index (Phi) is 5.13. The number of aliphatic hydroxyl groups is 1. The third-order valence-corrected chi connectivity index (χ3v) is 4.96. The number of imidazole rings is 1. The van der Waals surface area contributed by atoms with Crippen molar-refractivity contribution >= 4 is 17.5 Å². The third kappa shape index (κ3) is 4.19. The van der Waals surface area contributed by atoms with Crippen LogP contribution in [0.5, 0.6) is 5.75 Å². The summed E-state index contributed by atoms with van der Waals surface area (Å²) in [5, 5.41) is 19.1. The van der Waals surface area contributed by atoms with Crippen molar-refractivity contribution in [1.29, 1.82) is 0 Å². The number of carboxylic acids is 1. The molecule has 9 heteroatoms. The minimum Gasteiger partial charge on any atom is -0.482 e. The van der Waals surface area contributed by atoms with Crippen LogP contribution in [0.2, 0.25) is 0 Å². The SMILES string of the molecule is O=C(O)COc1ccc(C(=O)N2C[C@@H](Cc3cn4ccnc4cn3)[C@@H](O)C2)cc1. The lowest BCUT2D eigenvalue weighted by molar-refractivity contribution is -0.139. The van der Waals surface area contributed by atoms with Gasteiger partial charge in [0, 0.05) is 43.2 Å². The van der Waals surface area contributed by atoms with Crippen molar-refractivity contribution in [2.24, 2.45) is 5.92 Å². The van der Waals surface area contributed by atoms with Crippen molar-refractivity contribution < 1.29 is 24.5 Å². The molecule has 2 N–H and O–H groups in total. The van der Waals surface area contributed by atoms with E-state index in [1.54, 1.807) is 41.6 Å². The Morgan fingerprint density at radius 3 is 2.72 bits per heavy atom. The molecule has 1 fully saturated rings. The van der Waals surface area contributed by atoms with Gasteiger partial charge in [-0.05, 0) is 30.7 Å². The van der Waals surface area contributed by atoms with Crippen LogP contribution < -0.4 is 4.74 Å². The van der Waals surface area contributed by atoms with E-state index >= 15 is 0 Å². The highest BCUT2D eigenvalue weighted by Gasteiger charge is 2.34. The summed E-state index contributed by atoms with van der Waals surface area (Å²) in [6.45, 7) is 0.251. The summed E-state index contributed by atoms with van der Waals surface area (Å²) in [5.74, 6) is -0.979. The second kappa shape index (κ2) is 7.88. The molecule has 1 saturated heterocycles. The molecule has 4 rings (SSSR count). The number of rotatable bonds is 6. The van der Waals surface area contributed by atoms with Crippen LogP contribution in [0.1, 0.15) is 16.1 Å². The highest BCUT2D eigenvalue weighted by atomic mass is 16.5. The van der Waals surface area contributed by atoms with E-state index in [0.29, 0.717) is 24.3 Å². The molecule has 1 aromatic carbocycles. The van der Waals surface area contributed by atoms with E-state index in [2.05, 4.69) is 9.97 Å². The summed E-state index contributed by atoms with van der Waals surface area (Å²) in [5.41, 5.74) is 2.04. The Labute approximate surface area is 166 Å². The van der Waals surface area contributed by atoms with Crippen LogP contribution >= 0.6 is 0 Å². The number of aromatic nitrogens is 3. The van der Waals surface area contributed by atoms with Gasteiger partial charge in [0.05, 0.1) is 18.0 Å². The quantitative estimate of drug-likeness (QED) is 0.635. The topological polar surface area (TPSA) is 117 Å². The fourth-order valence-corrected chi connectivity index (χ4v) is 3.48. The number of carbonyl (C=O) groups excluding carboxylic acids is 1. The molecular weight excluding hydrogens is 376 g/mol. The number of aliphatic hydroxyl groups excluding tert-OH is 1. The highest BCUT2D eigenvalue weighted by molar-refractivity contribution is 5.94. The first-order valence-corrected chi connectivity index (χ1v) is 9.19. The Morgan fingerprint density at radius 2 is 1.97 bits per heavy atom. The molecule has 1 amide bonds. The first-order valence-electron chi connectivity index (χ1n) is 9.19. The van der Waals surface area contributed by atoms with Crippen LogP contribution in [0.3, 0.4) is 0 Å².